The van der Waals surface area contributed by atoms with E-state index >= 15 is 0 Å². The molecule has 3 rings (SSSR count). The van der Waals surface area contributed by atoms with E-state index in [-0.39, 0.29) is 0 Å². The molecule has 0 saturated heterocycles. The predicted octanol–water partition coefficient (Wildman–Crippen LogP) is 0.829. The molecule has 0 amide bonds. The van der Waals surface area contributed by atoms with Crippen LogP contribution in [0.25, 0.3) is 10.8 Å². The maximum absolute atomic E-state index is 3.76. The molecule has 74 valence electrons. The van der Waals surface area contributed by atoms with Crippen molar-refractivity contribution in [1.29, 1.82) is 0 Å². The van der Waals surface area contributed by atoms with E-state index in [1.807, 2.05) is 24.3 Å². The summed E-state index contributed by atoms with van der Waals surface area (Å²) >= 11 is 0. The third kappa shape index (κ3) is 2.53. The Kier molecular flexibility index (Phi) is 2.91. The second-order valence-corrected chi connectivity index (χ2v) is 2.68. The molecule has 0 atom stereocenters. The Morgan fingerprint density at radius 2 is 1.53 bits per heavy atom. The topological polar surface area (TPSA) is 80.2 Å². The van der Waals surface area contributed by atoms with Crippen LogP contribution in [0.4, 0.5) is 0 Å². The van der Waals surface area contributed by atoms with Crippen LogP contribution in [0, 0.1) is 0 Å². The highest BCUT2D eigenvalue weighted by Gasteiger charge is 1.87. The number of fused-ring (bicyclic) bond motifs is 1. The van der Waals surface area contributed by atoms with E-state index in [9.17, 15) is 0 Å². The molecule has 0 aliphatic carbocycles. The molecule has 15 heavy (non-hydrogen) atoms. The van der Waals surface area contributed by atoms with Gasteiger partial charge in [-0.05, 0) is 0 Å². The fourth-order valence-corrected chi connectivity index (χ4v) is 1.07. The first kappa shape index (κ1) is 9.20. The van der Waals surface area contributed by atoms with Crippen molar-refractivity contribution in [1.82, 2.24) is 30.8 Å². The summed E-state index contributed by atoms with van der Waals surface area (Å²) in [5, 5.41) is 22.0. The molecule has 3 aromatic rings. The molecule has 1 aromatic carbocycles. The van der Waals surface area contributed by atoms with Gasteiger partial charge in [0, 0.05) is 10.8 Å². The Hall–Kier alpha value is -2.37. The average Bonchev–Trinajstić information content (AvgIpc) is 2.88. The molecule has 1 N–H and O–H groups in total. The van der Waals surface area contributed by atoms with Gasteiger partial charge in [0.05, 0.1) is 12.4 Å². The number of hydrogen-bond donors (Lipinski definition) is 1. The number of nitrogens with one attached hydrogen (secondary N) is 1. The first-order chi connectivity index (χ1) is 7.47. The predicted molar refractivity (Wildman–Crippen MR) is 53.7 cm³/mol. The summed E-state index contributed by atoms with van der Waals surface area (Å²) in [6.45, 7) is 0. The van der Waals surface area contributed by atoms with E-state index in [1.165, 1.54) is 6.33 Å². The van der Waals surface area contributed by atoms with Crippen molar-refractivity contribution in [3.8, 4) is 0 Å². The van der Waals surface area contributed by atoms with E-state index < -0.39 is 0 Å². The first-order valence-electron chi connectivity index (χ1n) is 4.28. The zero-order chi connectivity index (χ0) is 10.3. The van der Waals surface area contributed by atoms with Gasteiger partial charge in [0.2, 0.25) is 0 Å². The second kappa shape index (κ2) is 4.75. The molecule has 0 aliphatic rings. The van der Waals surface area contributed by atoms with Crippen molar-refractivity contribution in [2.75, 3.05) is 0 Å². The monoisotopic (exact) mass is 200 g/mol. The van der Waals surface area contributed by atoms with Gasteiger partial charge in [0.15, 0.2) is 6.33 Å². The molecule has 0 spiro atoms. The summed E-state index contributed by atoms with van der Waals surface area (Å²) in [5.41, 5.74) is 0. The van der Waals surface area contributed by atoms with Gasteiger partial charge >= 0.3 is 0 Å². The lowest BCUT2D eigenvalue weighted by molar-refractivity contribution is 0.881. The van der Waals surface area contributed by atoms with E-state index in [0.717, 1.165) is 10.8 Å². The van der Waals surface area contributed by atoms with Gasteiger partial charge < -0.3 is 0 Å². The van der Waals surface area contributed by atoms with Crippen molar-refractivity contribution in [3.05, 3.63) is 43.0 Å². The van der Waals surface area contributed by atoms with Crippen LogP contribution in [0.1, 0.15) is 0 Å². The zero-order valence-electron chi connectivity index (χ0n) is 7.78. The van der Waals surface area contributed by atoms with Crippen LogP contribution in [0.15, 0.2) is 43.0 Å². The number of H-pyrrole nitrogens is 1. The van der Waals surface area contributed by atoms with Crippen molar-refractivity contribution < 1.29 is 0 Å². The normalized spacial score (nSPS) is 9.33. The van der Waals surface area contributed by atoms with Crippen LogP contribution in [0.5, 0.6) is 0 Å². The Morgan fingerprint density at radius 1 is 0.867 bits per heavy atom. The summed E-state index contributed by atoms with van der Waals surface area (Å²) < 4.78 is 0. The van der Waals surface area contributed by atoms with Crippen molar-refractivity contribution >= 4 is 10.8 Å². The lowest BCUT2D eigenvalue weighted by atomic mass is 10.2. The van der Waals surface area contributed by atoms with Gasteiger partial charge in [-0.3, -0.25) is 0 Å². The quantitative estimate of drug-likeness (QED) is 0.581. The highest BCUT2D eigenvalue weighted by atomic mass is 15.5. The van der Waals surface area contributed by atoms with Gasteiger partial charge in [-0.15, -0.1) is 10.2 Å². The molecule has 6 nitrogen and oxygen atoms in total. The number of rotatable bonds is 0. The van der Waals surface area contributed by atoms with E-state index in [4.69, 9.17) is 0 Å². The Labute approximate surface area is 85.4 Å². The lowest BCUT2D eigenvalue weighted by Gasteiger charge is -1.90. The molecule has 0 fully saturated rings. The molecule has 2 aromatic heterocycles. The molecular formula is C9H8N6. The summed E-state index contributed by atoms with van der Waals surface area (Å²) in [4.78, 5) is 0. The second-order valence-electron chi connectivity index (χ2n) is 2.68. The molecule has 6 heteroatoms. The minimum atomic E-state index is 1.14. The molecule has 0 unspecified atom stereocenters. The third-order valence-corrected chi connectivity index (χ3v) is 1.73. The van der Waals surface area contributed by atoms with Gasteiger partial charge in [-0.2, -0.15) is 15.4 Å². The smallest absolute Gasteiger partial charge is 0.161 e. The average molecular weight is 200 g/mol. The van der Waals surface area contributed by atoms with Crippen LogP contribution < -0.4 is 0 Å². The highest BCUT2D eigenvalue weighted by molar-refractivity contribution is 5.80. The van der Waals surface area contributed by atoms with Crippen molar-refractivity contribution in [3.63, 3.8) is 0 Å². The number of hydrogen-bond acceptors (Lipinski definition) is 5. The number of aromatic nitrogens is 6. The summed E-state index contributed by atoms with van der Waals surface area (Å²) in [5.74, 6) is 0. The Balaban J connectivity index is 0.000000144. The highest BCUT2D eigenvalue weighted by Crippen LogP contribution is 2.08. The van der Waals surface area contributed by atoms with Crippen LogP contribution in [-0.2, 0) is 0 Å². The maximum atomic E-state index is 3.76. The molecule has 0 bridgehead atoms. The Bertz CT molecular complexity index is 424. The van der Waals surface area contributed by atoms with Gasteiger partial charge in [0.1, 0.15) is 0 Å². The van der Waals surface area contributed by atoms with Gasteiger partial charge in [-0.1, -0.05) is 29.5 Å². The van der Waals surface area contributed by atoms with Gasteiger partial charge in [0.25, 0.3) is 0 Å². The largest absolute Gasteiger partial charge is 0.177 e. The number of nitrogens with zero attached hydrogens (tertiary/aromatic N) is 5. The van der Waals surface area contributed by atoms with Crippen LogP contribution >= 0.6 is 0 Å². The molecular weight excluding hydrogens is 192 g/mol. The summed E-state index contributed by atoms with van der Waals surface area (Å²) in [6, 6.07) is 8.02. The third-order valence-electron chi connectivity index (χ3n) is 1.73. The fraction of sp³-hybridized carbons (Fsp3) is 0. The molecule has 0 saturated carbocycles. The lowest BCUT2D eigenvalue weighted by Crippen LogP contribution is -1.77. The standard InChI is InChI=1S/C8H6N2.CH2N4/c1-2-4-8-6-10-9-5-7(8)3-1;1-2-4-5-3-1/h1-6H;1H,(H,2,3,4,5). The first-order valence-corrected chi connectivity index (χ1v) is 4.28. The molecule has 0 aliphatic heterocycles. The fourth-order valence-electron chi connectivity index (χ4n) is 1.07. The molecule has 0 radical (unpaired) electrons. The SMILES string of the molecule is c1ccc2cnncc2c1.c1nn[nH]n1. The molecule has 2 heterocycles. The maximum Gasteiger partial charge on any atom is 0.161 e. The van der Waals surface area contributed by atoms with Crippen LogP contribution in [0.2, 0.25) is 0 Å². The minimum absolute atomic E-state index is 1.14. The van der Waals surface area contributed by atoms with E-state index in [2.05, 4.69) is 30.8 Å². The van der Waals surface area contributed by atoms with Gasteiger partial charge in [-0.25, -0.2) is 0 Å². The minimum Gasteiger partial charge on any atom is -0.177 e. The number of tetrazole rings is 1. The van der Waals surface area contributed by atoms with E-state index in [1.54, 1.807) is 12.4 Å². The zero-order valence-corrected chi connectivity index (χ0v) is 7.78. The van der Waals surface area contributed by atoms with Crippen molar-refractivity contribution in [2.24, 2.45) is 0 Å². The Morgan fingerprint density at radius 3 is 1.93 bits per heavy atom. The van der Waals surface area contributed by atoms with E-state index in [0.29, 0.717) is 0 Å². The number of aromatic amines is 1. The number of benzene rings is 1. The summed E-state index contributed by atoms with van der Waals surface area (Å²) in [6.07, 6.45) is 4.85. The van der Waals surface area contributed by atoms with Crippen LogP contribution in [0.3, 0.4) is 0 Å². The summed E-state index contributed by atoms with van der Waals surface area (Å²) in [7, 11) is 0. The van der Waals surface area contributed by atoms with Crippen molar-refractivity contribution in [2.45, 2.75) is 0 Å². The van der Waals surface area contributed by atoms with Crippen LogP contribution in [-0.4, -0.2) is 30.8 Å².